The summed E-state index contributed by atoms with van der Waals surface area (Å²) in [6, 6.07) is 14.2. The molecule has 0 fully saturated rings. The van der Waals surface area contributed by atoms with Crippen molar-refractivity contribution in [2.24, 2.45) is 0 Å². The zero-order chi connectivity index (χ0) is 23.1. The minimum Gasteiger partial charge on any atom is -0.460 e. The van der Waals surface area contributed by atoms with Gasteiger partial charge in [-0.2, -0.15) is 4.98 Å². The van der Waals surface area contributed by atoms with Crippen LogP contribution in [0.3, 0.4) is 0 Å². The van der Waals surface area contributed by atoms with Crippen LogP contribution in [-0.2, 0) is 27.2 Å². The quantitative estimate of drug-likeness (QED) is 0.239. The van der Waals surface area contributed by atoms with Gasteiger partial charge in [0.2, 0.25) is 0 Å². The van der Waals surface area contributed by atoms with E-state index in [-0.39, 0.29) is 31.1 Å². The summed E-state index contributed by atoms with van der Waals surface area (Å²) in [5.74, 6) is -2.92. The number of ketones is 2. The number of carbonyl (C=O) groups is 3. The number of aromatic nitrogens is 2. The highest BCUT2D eigenvalue weighted by Crippen LogP contribution is 2.25. The predicted octanol–water partition coefficient (Wildman–Crippen LogP) is 4.65. The molecule has 0 bridgehead atoms. The summed E-state index contributed by atoms with van der Waals surface area (Å²) in [5, 5.41) is 5.03. The Morgan fingerprint density at radius 2 is 1.56 bits per heavy atom. The van der Waals surface area contributed by atoms with E-state index in [1.165, 1.54) is 0 Å². The van der Waals surface area contributed by atoms with E-state index < -0.39 is 23.6 Å². The summed E-state index contributed by atoms with van der Waals surface area (Å²) in [6.07, 6.45) is 0.731. The van der Waals surface area contributed by atoms with Crippen molar-refractivity contribution >= 4 is 40.7 Å². The van der Waals surface area contributed by atoms with Gasteiger partial charge in [0.25, 0.3) is 0 Å². The van der Waals surface area contributed by atoms with Crippen molar-refractivity contribution in [3.8, 4) is 0 Å². The molecule has 0 saturated carbocycles. The van der Waals surface area contributed by atoms with E-state index in [0.29, 0.717) is 16.5 Å². The van der Waals surface area contributed by atoms with Crippen LogP contribution < -0.4 is 0 Å². The lowest BCUT2D eigenvalue weighted by atomic mass is 9.91. The van der Waals surface area contributed by atoms with E-state index in [4.69, 9.17) is 27.7 Å². The summed E-state index contributed by atoms with van der Waals surface area (Å²) in [7, 11) is 0. The van der Waals surface area contributed by atoms with Crippen LogP contribution in [0.2, 0.25) is 10.0 Å². The Hall–Kier alpha value is -3.03. The molecule has 3 rings (SSSR count). The molecule has 0 aliphatic heterocycles. The van der Waals surface area contributed by atoms with Crippen molar-refractivity contribution in [1.29, 1.82) is 0 Å². The smallest absolute Gasteiger partial charge is 0.384 e. The van der Waals surface area contributed by atoms with Gasteiger partial charge in [-0.1, -0.05) is 52.6 Å². The first kappa shape index (κ1) is 23.6. The molecule has 0 N–H and O–H groups in total. The Morgan fingerprint density at radius 3 is 2.16 bits per heavy atom. The lowest BCUT2D eigenvalue weighted by Gasteiger charge is -2.13. The van der Waals surface area contributed by atoms with Gasteiger partial charge in [-0.15, -0.1) is 0 Å². The standard InChI is InChI=1S/C23H20Cl2N2O5/c1-2-31-23(30)20(29)22-26-21(27-32-22)16(11-14-3-7-17(24)8-4-14)13-19(28)12-15-5-9-18(25)10-6-15/h3-10,16H,2,11-13H2,1H3/t16-/m1/s1. The third-order valence-electron chi connectivity index (χ3n) is 4.65. The van der Waals surface area contributed by atoms with Crippen molar-refractivity contribution in [2.75, 3.05) is 6.61 Å². The Morgan fingerprint density at radius 1 is 0.969 bits per heavy atom. The molecule has 0 aliphatic carbocycles. The molecular weight excluding hydrogens is 455 g/mol. The Bertz CT molecular complexity index is 1090. The van der Waals surface area contributed by atoms with Gasteiger partial charge in [0.1, 0.15) is 5.78 Å². The van der Waals surface area contributed by atoms with Gasteiger partial charge >= 0.3 is 17.6 Å². The number of rotatable bonds is 10. The minimum absolute atomic E-state index is 0.0456. The van der Waals surface area contributed by atoms with Gasteiger partial charge in [0.05, 0.1) is 6.61 Å². The molecular formula is C23H20Cl2N2O5. The third kappa shape index (κ3) is 6.48. The average Bonchev–Trinajstić information content (AvgIpc) is 3.26. The maximum absolute atomic E-state index is 12.8. The fraction of sp³-hybridized carbons (Fsp3) is 0.261. The molecule has 0 radical (unpaired) electrons. The largest absolute Gasteiger partial charge is 0.460 e. The molecule has 1 heterocycles. The van der Waals surface area contributed by atoms with E-state index in [9.17, 15) is 14.4 Å². The van der Waals surface area contributed by atoms with E-state index in [0.717, 1.165) is 11.1 Å². The van der Waals surface area contributed by atoms with Gasteiger partial charge in [0, 0.05) is 28.8 Å². The maximum atomic E-state index is 12.8. The van der Waals surface area contributed by atoms with Gasteiger partial charge in [-0.3, -0.25) is 9.59 Å². The highest BCUT2D eigenvalue weighted by atomic mass is 35.5. The zero-order valence-electron chi connectivity index (χ0n) is 17.2. The molecule has 9 heteroatoms. The zero-order valence-corrected chi connectivity index (χ0v) is 18.7. The highest BCUT2D eigenvalue weighted by Gasteiger charge is 2.28. The lowest BCUT2D eigenvalue weighted by molar-refractivity contribution is -0.137. The summed E-state index contributed by atoms with van der Waals surface area (Å²) in [4.78, 5) is 40.6. The van der Waals surface area contributed by atoms with Gasteiger partial charge < -0.3 is 9.26 Å². The van der Waals surface area contributed by atoms with Crippen LogP contribution in [0.1, 0.15) is 46.9 Å². The van der Waals surface area contributed by atoms with Crippen molar-refractivity contribution in [1.82, 2.24) is 10.1 Å². The summed E-state index contributed by atoms with van der Waals surface area (Å²) in [5.41, 5.74) is 1.73. The van der Waals surface area contributed by atoms with Crippen LogP contribution in [-0.4, -0.2) is 34.3 Å². The topological polar surface area (TPSA) is 99.4 Å². The van der Waals surface area contributed by atoms with Gasteiger partial charge in [-0.05, 0) is 48.7 Å². The van der Waals surface area contributed by atoms with E-state index in [1.807, 2.05) is 12.1 Å². The summed E-state index contributed by atoms with van der Waals surface area (Å²) in [6.45, 7) is 1.63. The minimum atomic E-state index is -1.07. The summed E-state index contributed by atoms with van der Waals surface area (Å²) >= 11 is 11.9. The second kappa shape index (κ2) is 11.0. The molecule has 3 aromatic rings. The molecule has 0 unspecified atom stereocenters. The Kier molecular flexibility index (Phi) is 8.14. The van der Waals surface area contributed by atoms with Gasteiger partial charge in [0.15, 0.2) is 5.82 Å². The molecule has 7 nitrogen and oxygen atoms in total. The number of halogens is 2. The summed E-state index contributed by atoms with van der Waals surface area (Å²) < 4.78 is 9.67. The second-order valence-electron chi connectivity index (χ2n) is 7.08. The SMILES string of the molecule is CCOC(=O)C(=O)c1nc([C@@H](CC(=O)Cc2ccc(Cl)cc2)Cc2ccc(Cl)cc2)no1. The molecule has 32 heavy (non-hydrogen) atoms. The van der Waals surface area contributed by atoms with Crippen molar-refractivity contribution in [3.63, 3.8) is 0 Å². The molecule has 0 spiro atoms. The molecule has 1 atom stereocenters. The molecule has 0 aliphatic rings. The van der Waals surface area contributed by atoms with E-state index in [2.05, 4.69) is 14.9 Å². The number of ether oxygens (including phenoxy) is 1. The van der Waals surface area contributed by atoms with Crippen LogP contribution in [0.25, 0.3) is 0 Å². The molecule has 1 aromatic heterocycles. The molecule has 0 amide bonds. The number of Topliss-reactive ketones (excluding diaryl/α,β-unsaturated/α-hetero) is 2. The fourth-order valence-electron chi connectivity index (χ4n) is 3.11. The number of hydrogen-bond donors (Lipinski definition) is 0. The lowest BCUT2D eigenvalue weighted by Crippen LogP contribution is -2.18. The van der Waals surface area contributed by atoms with Crippen molar-refractivity contribution < 1.29 is 23.6 Å². The monoisotopic (exact) mass is 474 g/mol. The van der Waals surface area contributed by atoms with Crippen LogP contribution in [0.15, 0.2) is 53.1 Å². The van der Waals surface area contributed by atoms with Crippen LogP contribution in [0.5, 0.6) is 0 Å². The molecule has 0 saturated heterocycles. The normalized spacial score (nSPS) is 11.7. The van der Waals surface area contributed by atoms with Crippen LogP contribution in [0.4, 0.5) is 0 Å². The second-order valence-corrected chi connectivity index (χ2v) is 7.95. The predicted molar refractivity (Wildman–Crippen MR) is 118 cm³/mol. The Labute approximate surface area is 194 Å². The fourth-order valence-corrected chi connectivity index (χ4v) is 3.37. The number of esters is 1. The van der Waals surface area contributed by atoms with Crippen molar-refractivity contribution in [3.05, 3.63) is 81.4 Å². The van der Waals surface area contributed by atoms with Crippen LogP contribution >= 0.6 is 23.2 Å². The first-order valence-corrected chi connectivity index (χ1v) is 10.7. The van der Waals surface area contributed by atoms with Crippen LogP contribution in [0, 0.1) is 0 Å². The maximum Gasteiger partial charge on any atom is 0.384 e. The van der Waals surface area contributed by atoms with Gasteiger partial charge in [-0.25, -0.2) is 4.79 Å². The number of nitrogens with zero attached hydrogens (tertiary/aromatic N) is 2. The highest BCUT2D eigenvalue weighted by molar-refractivity contribution is 6.39. The molecule has 2 aromatic carbocycles. The average molecular weight is 475 g/mol. The number of hydrogen-bond acceptors (Lipinski definition) is 7. The first-order chi connectivity index (χ1) is 15.4. The first-order valence-electron chi connectivity index (χ1n) is 9.91. The number of benzene rings is 2. The Balaban J connectivity index is 1.79. The van der Waals surface area contributed by atoms with Crippen molar-refractivity contribution in [2.45, 2.75) is 32.1 Å². The third-order valence-corrected chi connectivity index (χ3v) is 5.15. The van der Waals surface area contributed by atoms with E-state index >= 15 is 0 Å². The molecule has 166 valence electrons. The van der Waals surface area contributed by atoms with E-state index in [1.54, 1.807) is 43.3 Å². The number of carbonyl (C=O) groups excluding carboxylic acids is 3.